The van der Waals surface area contributed by atoms with Crippen LogP contribution >= 0.6 is 11.8 Å². The van der Waals surface area contributed by atoms with Crippen LogP contribution in [0, 0.1) is 0 Å². The Morgan fingerprint density at radius 1 is 0.606 bits per heavy atom. The minimum Gasteiger partial charge on any atom is -0.494 e. The van der Waals surface area contributed by atoms with Crippen molar-refractivity contribution >= 4 is 16.9 Å². The van der Waals surface area contributed by atoms with Gasteiger partial charge in [-0.25, -0.2) is 0 Å². The maximum Gasteiger partial charge on any atom is 0.224 e. The van der Waals surface area contributed by atoms with Crippen molar-refractivity contribution in [3.8, 4) is 11.5 Å². The molecule has 33 heavy (non-hydrogen) atoms. The number of ether oxygens (including phenoxy) is 2. The summed E-state index contributed by atoms with van der Waals surface area (Å²) in [4.78, 5) is 13.5. The molecule has 0 heterocycles. The van der Waals surface area contributed by atoms with E-state index in [9.17, 15) is 4.79 Å². The van der Waals surface area contributed by atoms with Crippen molar-refractivity contribution in [2.75, 3.05) is 13.2 Å². The highest BCUT2D eigenvalue weighted by atomic mass is 32.2. The molecular weight excluding hydrogens is 428 g/mol. The lowest BCUT2D eigenvalue weighted by Gasteiger charge is -2.08. The number of hydrogen-bond donors (Lipinski definition) is 0. The number of rotatable bonds is 18. The second kappa shape index (κ2) is 17.5. The minimum atomic E-state index is 0.0390. The summed E-state index contributed by atoms with van der Waals surface area (Å²) in [6.07, 6.45) is 15.1. The van der Waals surface area contributed by atoms with Crippen LogP contribution in [0.25, 0.3) is 0 Å². The van der Waals surface area contributed by atoms with Gasteiger partial charge in [-0.05, 0) is 73.1 Å². The molecule has 0 aromatic heterocycles. The molecule has 0 spiro atoms. The summed E-state index contributed by atoms with van der Waals surface area (Å²) in [6.45, 7) is 5.95. The number of thioether (sulfide) groups is 1. The highest BCUT2D eigenvalue weighted by Gasteiger charge is 2.09. The van der Waals surface area contributed by atoms with E-state index in [0.717, 1.165) is 42.4 Å². The highest BCUT2D eigenvalue weighted by molar-refractivity contribution is 8.14. The van der Waals surface area contributed by atoms with Gasteiger partial charge in [-0.15, -0.1) is 0 Å². The normalized spacial score (nSPS) is 10.8. The molecule has 0 aliphatic carbocycles. The Morgan fingerprint density at radius 2 is 1.03 bits per heavy atom. The molecule has 4 heteroatoms. The Kier molecular flexibility index (Phi) is 14.5. The third-order valence-corrected chi connectivity index (χ3v) is 6.59. The van der Waals surface area contributed by atoms with Gasteiger partial charge in [-0.2, -0.15) is 0 Å². The van der Waals surface area contributed by atoms with Crippen LogP contribution in [0.15, 0.2) is 53.4 Å². The van der Waals surface area contributed by atoms with Gasteiger partial charge in [-0.1, -0.05) is 78.1 Å². The second-order valence-corrected chi connectivity index (χ2v) is 9.66. The van der Waals surface area contributed by atoms with E-state index in [1.807, 2.05) is 48.5 Å². The number of hydrogen-bond acceptors (Lipinski definition) is 4. The maximum absolute atomic E-state index is 12.6. The second-order valence-electron chi connectivity index (χ2n) is 8.62. The molecule has 0 amide bonds. The molecule has 0 saturated heterocycles. The van der Waals surface area contributed by atoms with Crippen molar-refractivity contribution in [1.29, 1.82) is 0 Å². The van der Waals surface area contributed by atoms with Gasteiger partial charge in [-0.3, -0.25) is 4.79 Å². The number of carbonyl (C=O) groups excluding carboxylic acids is 1. The van der Waals surface area contributed by atoms with E-state index < -0.39 is 0 Å². The molecule has 0 saturated carbocycles. The standard InChI is InChI=1S/C29H42O3S/c1-3-5-7-9-10-11-12-14-24-32-27-19-21-28(22-20-27)33-29(30)25-15-17-26(18-16-25)31-23-13-8-6-4-2/h15-22H,3-14,23-24H2,1-2H3. The van der Waals surface area contributed by atoms with E-state index in [2.05, 4.69) is 13.8 Å². The van der Waals surface area contributed by atoms with Gasteiger partial charge in [0.05, 0.1) is 13.2 Å². The molecule has 2 aromatic carbocycles. The van der Waals surface area contributed by atoms with E-state index in [-0.39, 0.29) is 5.12 Å². The lowest BCUT2D eigenvalue weighted by molar-refractivity contribution is 0.108. The van der Waals surface area contributed by atoms with Crippen LogP contribution < -0.4 is 9.47 Å². The molecular formula is C29H42O3S. The lowest BCUT2D eigenvalue weighted by Crippen LogP contribution is -1.98. The molecule has 0 fully saturated rings. The summed E-state index contributed by atoms with van der Waals surface area (Å²) in [7, 11) is 0. The Morgan fingerprint density at radius 3 is 1.55 bits per heavy atom. The molecule has 0 aliphatic rings. The third-order valence-electron chi connectivity index (χ3n) is 5.66. The largest absolute Gasteiger partial charge is 0.494 e. The van der Waals surface area contributed by atoms with Crippen LogP contribution in [0.4, 0.5) is 0 Å². The van der Waals surface area contributed by atoms with Crippen LogP contribution in [-0.2, 0) is 0 Å². The molecule has 0 atom stereocenters. The highest BCUT2D eigenvalue weighted by Crippen LogP contribution is 2.26. The smallest absolute Gasteiger partial charge is 0.224 e. The Bertz CT molecular complexity index is 755. The average Bonchev–Trinajstić information content (AvgIpc) is 2.84. The molecule has 0 N–H and O–H groups in total. The van der Waals surface area contributed by atoms with Gasteiger partial charge in [0.1, 0.15) is 11.5 Å². The van der Waals surface area contributed by atoms with Crippen molar-refractivity contribution in [3.05, 3.63) is 54.1 Å². The number of unbranched alkanes of at least 4 members (excludes halogenated alkanes) is 10. The van der Waals surface area contributed by atoms with Crippen LogP contribution in [0.3, 0.4) is 0 Å². The summed E-state index contributed by atoms with van der Waals surface area (Å²) in [5, 5.41) is 0.0390. The summed E-state index contributed by atoms with van der Waals surface area (Å²) in [5.74, 6) is 1.70. The van der Waals surface area contributed by atoms with E-state index >= 15 is 0 Å². The van der Waals surface area contributed by atoms with Crippen LogP contribution in [0.2, 0.25) is 0 Å². The van der Waals surface area contributed by atoms with Gasteiger partial charge in [0, 0.05) is 10.5 Å². The van der Waals surface area contributed by atoms with Crippen molar-refractivity contribution < 1.29 is 14.3 Å². The average molecular weight is 471 g/mol. The summed E-state index contributed by atoms with van der Waals surface area (Å²) in [6, 6.07) is 15.3. The molecule has 0 aliphatic heterocycles. The minimum absolute atomic E-state index is 0.0390. The fourth-order valence-electron chi connectivity index (χ4n) is 3.60. The Labute approximate surface area is 205 Å². The fraction of sp³-hybridized carbons (Fsp3) is 0.552. The van der Waals surface area contributed by atoms with E-state index in [4.69, 9.17) is 9.47 Å². The van der Waals surface area contributed by atoms with Crippen molar-refractivity contribution in [3.63, 3.8) is 0 Å². The first-order chi connectivity index (χ1) is 16.2. The third kappa shape index (κ3) is 12.2. The monoisotopic (exact) mass is 470 g/mol. The molecule has 3 nitrogen and oxygen atoms in total. The first kappa shape index (κ1) is 27.3. The number of benzene rings is 2. The summed E-state index contributed by atoms with van der Waals surface area (Å²) in [5.41, 5.74) is 0.688. The van der Waals surface area contributed by atoms with Gasteiger partial charge in [0.2, 0.25) is 5.12 Å². The zero-order valence-electron chi connectivity index (χ0n) is 20.7. The quantitative estimate of drug-likeness (QED) is 0.161. The lowest BCUT2D eigenvalue weighted by atomic mass is 10.1. The van der Waals surface area contributed by atoms with Crippen molar-refractivity contribution in [1.82, 2.24) is 0 Å². The van der Waals surface area contributed by atoms with Crippen molar-refractivity contribution in [2.24, 2.45) is 0 Å². The van der Waals surface area contributed by atoms with Gasteiger partial charge in [0.25, 0.3) is 0 Å². The topological polar surface area (TPSA) is 35.5 Å². The first-order valence-corrected chi connectivity index (χ1v) is 13.7. The maximum atomic E-state index is 12.6. The van der Waals surface area contributed by atoms with Gasteiger partial charge < -0.3 is 9.47 Å². The Balaban J connectivity index is 1.63. The predicted molar refractivity (Wildman–Crippen MR) is 141 cm³/mol. The summed E-state index contributed by atoms with van der Waals surface area (Å²) < 4.78 is 11.6. The molecule has 2 rings (SSSR count). The van der Waals surface area contributed by atoms with E-state index in [0.29, 0.717) is 5.56 Å². The first-order valence-electron chi connectivity index (χ1n) is 12.9. The van der Waals surface area contributed by atoms with E-state index in [1.165, 1.54) is 76.0 Å². The van der Waals surface area contributed by atoms with Gasteiger partial charge in [0.15, 0.2) is 0 Å². The Hall–Kier alpha value is -1.94. The zero-order valence-corrected chi connectivity index (χ0v) is 21.5. The van der Waals surface area contributed by atoms with Crippen LogP contribution in [-0.4, -0.2) is 18.3 Å². The fourth-order valence-corrected chi connectivity index (χ4v) is 4.34. The summed E-state index contributed by atoms with van der Waals surface area (Å²) >= 11 is 1.25. The molecule has 182 valence electrons. The molecule has 0 unspecified atom stereocenters. The predicted octanol–water partition coefficient (Wildman–Crippen LogP) is 9.10. The molecule has 0 bridgehead atoms. The van der Waals surface area contributed by atoms with Crippen molar-refractivity contribution in [2.45, 2.75) is 95.8 Å². The van der Waals surface area contributed by atoms with Crippen LogP contribution in [0.1, 0.15) is 101 Å². The van der Waals surface area contributed by atoms with E-state index in [1.54, 1.807) is 0 Å². The van der Waals surface area contributed by atoms with Crippen LogP contribution in [0.5, 0.6) is 11.5 Å². The molecule has 0 radical (unpaired) electrons. The molecule has 2 aromatic rings. The van der Waals surface area contributed by atoms with Gasteiger partial charge >= 0.3 is 0 Å². The number of carbonyl (C=O) groups is 1. The SMILES string of the molecule is CCCCCCCCCCOc1ccc(SC(=O)c2ccc(OCCCCCC)cc2)cc1. The zero-order chi connectivity index (χ0) is 23.6.